The number of furan rings is 1. The summed E-state index contributed by atoms with van der Waals surface area (Å²) in [5.74, 6) is 0.285. The fraction of sp³-hybridized carbons (Fsp3) is 0.125. The van der Waals surface area contributed by atoms with Gasteiger partial charge in [-0.1, -0.05) is 39.7 Å². The van der Waals surface area contributed by atoms with Crippen LogP contribution in [-0.2, 0) is 0 Å². The molecule has 0 fully saturated rings. The number of para-hydroxylation sites is 1. The first kappa shape index (κ1) is 14.6. The van der Waals surface area contributed by atoms with Crippen LogP contribution in [0.2, 0.25) is 5.02 Å². The Morgan fingerprint density at radius 3 is 2.71 bits per heavy atom. The van der Waals surface area contributed by atoms with Crippen molar-refractivity contribution in [1.82, 2.24) is 5.32 Å². The average molecular weight is 369 g/mol. The Morgan fingerprint density at radius 2 is 2.05 bits per heavy atom. The molecule has 0 saturated heterocycles. The zero-order chi connectivity index (χ0) is 15.0. The van der Waals surface area contributed by atoms with E-state index in [0.717, 1.165) is 15.4 Å². The Bertz CT molecular complexity index is 782. The predicted molar refractivity (Wildman–Crippen MR) is 86.2 cm³/mol. The Morgan fingerprint density at radius 1 is 1.24 bits per heavy atom. The molecule has 0 saturated carbocycles. The van der Waals surface area contributed by atoms with E-state index in [1.54, 1.807) is 6.07 Å². The van der Waals surface area contributed by atoms with E-state index in [9.17, 15) is 4.39 Å². The maximum Gasteiger partial charge on any atom is 0.169 e. The molecule has 1 heterocycles. The summed E-state index contributed by atoms with van der Waals surface area (Å²) in [6, 6.07) is 12.2. The van der Waals surface area contributed by atoms with Gasteiger partial charge in [-0.15, -0.1) is 0 Å². The minimum atomic E-state index is -0.360. The van der Waals surface area contributed by atoms with Crippen molar-refractivity contribution >= 4 is 38.5 Å². The summed E-state index contributed by atoms with van der Waals surface area (Å²) in [6.07, 6.45) is 0. The lowest BCUT2D eigenvalue weighted by atomic mass is 10.0. The summed E-state index contributed by atoms with van der Waals surface area (Å²) >= 11 is 9.52. The largest absolute Gasteiger partial charge is 0.456 e. The van der Waals surface area contributed by atoms with Crippen LogP contribution in [0.15, 0.2) is 51.4 Å². The molecule has 0 radical (unpaired) electrons. The van der Waals surface area contributed by atoms with Crippen LogP contribution in [0, 0.1) is 5.82 Å². The van der Waals surface area contributed by atoms with E-state index >= 15 is 0 Å². The number of benzene rings is 2. The third-order valence-electron chi connectivity index (χ3n) is 3.31. The lowest BCUT2D eigenvalue weighted by Gasteiger charge is -2.14. The third kappa shape index (κ3) is 2.84. The standard InChI is InChI=1S/C16H12BrClFNO/c1-20-15(10-5-11(17)8-12(18)6-10)14-7-9-3-2-4-13(19)16(9)21-14/h2-8,15,20H,1H3. The molecule has 1 atom stereocenters. The molecule has 3 rings (SSSR count). The molecule has 0 aliphatic heterocycles. The molecule has 108 valence electrons. The quantitative estimate of drug-likeness (QED) is 0.679. The zero-order valence-corrected chi connectivity index (χ0v) is 13.5. The summed E-state index contributed by atoms with van der Waals surface area (Å²) in [7, 11) is 1.82. The fourth-order valence-corrected chi connectivity index (χ4v) is 3.29. The number of halogens is 3. The summed E-state index contributed by atoms with van der Waals surface area (Å²) in [4.78, 5) is 0. The minimum Gasteiger partial charge on any atom is -0.456 e. The first-order valence-corrected chi connectivity index (χ1v) is 7.57. The Balaban J connectivity index is 2.11. The van der Waals surface area contributed by atoms with Crippen LogP contribution in [0.25, 0.3) is 11.0 Å². The number of hydrogen-bond donors (Lipinski definition) is 1. The third-order valence-corrected chi connectivity index (χ3v) is 3.98. The summed E-state index contributed by atoms with van der Waals surface area (Å²) < 4.78 is 20.3. The number of nitrogens with one attached hydrogen (secondary N) is 1. The summed E-state index contributed by atoms with van der Waals surface area (Å²) in [5.41, 5.74) is 1.21. The SMILES string of the molecule is CNC(c1cc(Cl)cc(Br)c1)c1cc2cccc(F)c2o1. The van der Waals surface area contributed by atoms with E-state index in [2.05, 4.69) is 21.2 Å². The van der Waals surface area contributed by atoms with Gasteiger partial charge in [-0.2, -0.15) is 0 Å². The van der Waals surface area contributed by atoms with Crippen molar-refractivity contribution in [2.75, 3.05) is 7.05 Å². The topological polar surface area (TPSA) is 25.2 Å². The van der Waals surface area contributed by atoms with E-state index in [4.69, 9.17) is 16.0 Å². The maximum atomic E-state index is 13.8. The highest BCUT2D eigenvalue weighted by atomic mass is 79.9. The van der Waals surface area contributed by atoms with Crippen molar-refractivity contribution in [3.05, 3.63) is 69.1 Å². The second kappa shape index (κ2) is 5.79. The van der Waals surface area contributed by atoms with Crippen molar-refractivity contribution < 1.29 is 8.81 Å². The predicted octanol–water partition coefficient (Wildman–Crippen LogP) is 5.30. The number of rotatable bonds is 3. The molecule has 1 unspecified atom stereocenters. The summed E-state index contributed by atoms with van der Waals surface area (Å²) in [6.45, 7) is 0. The van der Waals surface area contributed by atoms with Gasteiger partial charge in [0.25, 0.3) is 0 Å². The molecule has 3 aromatic rings. The molecule has 0 bridgehead atoms. The molecule has 0 aliphatic carbocycles. The molecule has 2 aromatic carbocycles. The van der Waals surface area contributed by atoms with Crippen molar-refractivity contribution in [2.45, 2.75) is 6.04 Å². The van der Waals surface area contributed by atoms with E-state index in [-0.39, 0.29) is 17.4 Å². The Labute approximate surface area is 135 Å². The van der Waals surface area contributed by atoms with Gasteiger partial charge >= 0.3 is 0 Å². The van der Waals surface area contributed by atoms with Crippen molar-refractivity contribution in [2.24, 2.45) is 0 Å². The summed E-state index contributed by atoms with van der Waals surface area (Å²) in [5, 5.41) is 4.54. The molecular weight excluding hydrogens is 357 g/mol. The first-order valence-electron chi connectivity index (χ1n) is 6.39. The highest BCUT2D eigenvalue weighted by molar-refractivity contribution is 9.10. The number of fused-ring (bicyclic) bond motifs is 1. The highest BCUT2D eigenvalue weighted by Gasteiger charge is 2.19. The molecule has 0 amide bonds. The lowest BCUT2D eigenvalue weighted by Crippen LogP contribution is -2.17. The second-order valence-electron chi connectivity index (χ2n) is 4.73. The Kier molecular flexibility index (Phi) is 4.02. The fourth-order valence-electron chi connectivity index (χ4n) is 2.40. The molecule has 0 aliphatic rings. The highest BCUT2D eigenvalue weighted by Crippen LogP contribution is 2.32. The minimum absolute atomic E-state index is 0.202. The molecule has 1 N–H and O–H groups in total. The number of hydrogen-bond acceptors (Lipinski definition) is 2. The first-order chi connectivity index (χ1) is 10.1. The van der Waals surface area contributed by atoms with Crippen LogP contribution in [0.5, 0.6) is 0 Å². The molecule has 1 aromatic heterocycles. The van der Waals surface area contributed by atoms with E-state index in [0.29, 0.717) is 10.8 Å². The van der Waals surface area contributed by atoms with E-state index in [1.165, 1.54) is 6.07 Å². The van der Waals surface area contributed by atoms with Gasteiger partial charge in [0.1, 0.15) is 5.76 Å². The second-order valence-corrected chi connectivity index (χ2v) is 6.08. The normalized spacial score (nSPS) is 12.8. The van der Waals surface area contributed by atoms with Gasteiger partial charge in [-0.05, 0) is 42.9 Å². The average Bonchev–Trinajstić information content (AvgIpc) is 2.83. The molecule has 21 heavy (non-hydrogen) atoms. The lowest BCUT2D eigenvalue weighted by molar-refractivity contribution is 0.476. The maximum absolute atomic E-state index is 13.8. The molecule has 5 heteroatoms. The van der Waals surface area contributed by atoms with Crippen molar-refractivity contribution in [3.63, 3.8) is 0 Å². The smallest absolute Gasteiger partial charge is 0.169 e. The van der Waals surface area contributed by atoms with Gasteiger partial charge in [0.15, 0.2) is 11.4 Å². The van der Waals surface area contributed by atoms with Gasteiger partial charge in [-0.25, -0.2) is 4.39 Å². The van der Waals surface area contributed by atoms with Gasteiger partial charge in [0.05, 0.1) is 6.04 Å². The van der Waals surface area contributed by atoms with Crippen LogP contribution >= 0.6 is 27.5 Å². The van der Waals surface area contributed by atoms with E-state index in [1.807, 2.05) is 37.4 Å². The monoisotopic (exact) mass is 367 g/mol. The molecular formula is C16H12BrClFNO. The van der Waals surface area contributed by atoms with E-state index < -0.39 is 0 Å². The van der Waals surface area contributed by atoms with Crippen LogP contribution in [0.4, 0.5) is 4.39 Å². The Hall–Kier alpha value is -1.36. The zero-order valence-electron chi connectivity index (χ0n) is 11.2. The van der Waals surface area contributed by atoms with Crippen LogP contribution in [0.1, 0.15) is 17.4 Å². The molecule has 2 nitrogen and oxygen atoms in total. The van der Waals surface area contributed by atoms with Gasteiger partial charge in [-0.3, -0.25) is 0 Å². The van der Waals surface area contributed by atoms with Crippen LogP contribution < -0.4 is 5.32 Å². The van der Waals surface area contributed by atoms with Crippen LogP contribution in [0.3, 0.4) is 0 Å². The van der Waals surface area contributed by atoms with Gasteiger partial charge in [0.2, 0.25) is 0 Å². The van der Waals surface area contributed by atoms with Crippen molar-refractivity contribution in [3.8, 4) is 0 Å². The van der Waals surface area contributed by atoms with Crippen molar-refractivity contribution in [1.29, 1.82) is 0 Å². The molecule has 0 spiro atoms. The van der Waals surface area contributed by atoms with Crippen LogP contribution in [-0.4, -0.2) is 7.05 Å². The van der Waals surface area contributed by atoms with Gasteiger partial charge in [0, 0.05) is 14.9 Å². The van der Waals surface area contributed by atoms with Gasteiger partial charge < -0.3 is 9.73 Å².